The van der Waals surface area contributed by atoms with E-state index in [4.69, 9.17) is 10.9 Å². The topological polar surface area (TPSA) is 61.8 Å². The van der Waals surface area contributed by atoms with Gasteiger partial charge < -0.3 is 15.8 Å². The Morgan fingerprint density at radius 3 is 2.57 bits per heavy atom. The zero-order valence-electron chi connectivity index (χ0n) is 11.9. The van der Waals surface area contributed by atoms with Crippen LogP contribution in [0, 0.1) is 11.8 Å². The minimum absolute atomic E-state index is 0.318. The summed E-state index contributed by atoms with van der Waals surface area (Å²) in [6.45, 7) is 2.85. The number of nitrogens with zero attached hydrogens (tertiary/aromatic N) is 2. The second-order valence-electron chi connectivity index (χ2n) is 5.57. The molecule has 0 heterocycles. The molecular formula is C14H18F3N3O. The molecule has 1 fully saturated rings. The lowest BCUT2D eigenvalue weighted by molar-refractivity contribution is -0.137. The van der Waals surface area contributed by atoms with Gasteiger partial charge in [0.2, 0.25) is 0 Å². The monoisotopic (exact) mass is 301 g/mol. The molecule has 7 heteroatoms. The van der Waals surface area contributed by atoms with Gasteiger partial charge in [-0.3, -0.25) is 0 Å². The number of hydrogen-bond acceptors (Lipinski definition) is 3. The number of amidine groups is 1. The minimum Gasteiger partial charge on any atom is -0.409 e. The number of benzene rings is 1. The molecule has 1 aliphatic carbocycles. The van der Waals surface area contributed by atoms with Gasteiger partial charge in [0, 0.05) is 24.8 Å². The molecule has 1 aromatic rings. The van der Waals surface area contributed by atoms with Crippen LogP contribution < -0.4 is 10.6 Å². The van der Waals surface area contributed by atoms with Crippen LogP contribution in [-0.4, -0.2) is 24.6 Å². The van der Waals surface area contributed by atoms with Crippen LogP contribution in [0.1, 0.15) is 24.5 Å². The van der Waals surface area contributed by atoms with Crippen LogP contribution >= 0.6 is 0 Å². The first-order valence-corrected chi connectivity index (χ1v) is 6.64. The molecule has 2 rings (SSSR count). The van der Waals surface area contributed by atoms with Gasteiger partial charge in [-0.1, -0.05) is 12.1 Å². The predicted octanol–water partition coefficient (Wildman–Crippen LogP) is 2.89. The molecule has 0 aliphatic heterocycles. The van der Waals surface area contributed by atoms with E-state index >= 15 is 0 Å². The van der Waals surface area contributed by atoms with Crippen molar-refractivity contribution < 1.29 is 18.4 Å². The molecular weight excluding hydrogens is 283 g/mol. The Morgan fingerprint density at radius 1 is 1.48 bits per heavy atom. The van der Waals surface area contributed by atoms with Crippen LogP contribution in [-0.2, 0) is 6.18 Å². The summed E-state index contributed by atoms with van der Waals surface area (Å²) in [6.07, 6.45) is -3.45. The maximum Gasteiger partial charge on any atom is 0.417 e. The summed E-state index contributed by atoms with van der Waals surface area (Å²) in [7, 11) is 1.77. The highest BCUT2D eigenvalue weighted by Gasteiger charge is 2.36. The Morgan fingerprint density at radius 2 is 2.10 bits per heavy atom. The molecule has 2 atom stereocenters. The molecule has 116 valence electrons. The van der Waals surface area contributed by atoms with E-state index in [9.17, 15) is 13.2 Å². The number of hydrogen-bond donors (Lipinski definition) is 2. The highest BCUT2D eigenvalue weighted by molar-refractivity contribution is 5.99. The first-order chi connectivity index (χ1) is 9.74. The highest BCUT2D eigenvalue weighted by atomic mass is 19.4. The van der Waals surface area contributed by atoms with Gasteiger partial charge in [0.15, 0.2) is 5.84 Å². The number of rotatable bonds is 4. The molecule has 0 aromatic heterocycles. The first kappa shape index (κ1) is 15.5. The molecule has 2 unspecified atom stereocenters. The summed E-state index contributed by atoms with van der Waals surface area (Å²) in [5.41, 5.74) is 4.57. The summed E-state index contributed by atoms with van der Waals surface area (Å²) < 4.78 is 39.3. The van der Waals surface area contributed by atoms with Crippen LogP contribution in [0.15, 0.2) is 23.4 Å². The molecule has 4 nitrogen and oxygen atoms in total. The molecule has 0 bridgehead atoms. The smallest absolute Gasteiger partial charge is 0.409 e. The maximum atomic E-state index is 13.1. The Kier molecular flexibility index (Phi) is 4.02. The van der Waals surface area contributed by atoms with E-state index < -0.39 is 17.6 Å². The number of nitrogens with two attached hydrogens (primary N) is 1. The lowest BCUT2D eigenvalue weighted by atomic mass is 10.0. The highest BCUT2D eigenvalue weighted by Crippen LogP contribution is 2.39. The maximum absolute atomic E-state index is 13.1. The van der Waals surface area contributed by atoms with E-state index in [0.717, 1.165) is 19.0 Å². The normalized spacial score (nSPS) is 22.2. The third-order valence-corrected chi connectivity index (χ3v) is 3.92. The third kappa shape index (κ3) is 3.40. The summed E-state index contributed by atoms with van der Waals surface area (Å²) in [4.78, 5) is 1.81. The lowest BCUT2D eigenvalue weighted by Crippen LogP contribution is -2.23. The van der Waals surface area contributed by atoms with Crippen molar-refractivity contribution in [3.8, 4) is 0 Å². The van der Waals surface area contributed by atoms with E-state index in [1.54, 1.807) is 18.0 Å². The Balaban J connectivity index is 2.32. The average Bonchev–Trinajstić information content (AvgIpc) is 3.11. The van der Waals surface area contributed by atoms with Crippen molar-refractivity contribution in [1.82, 2.24) is 0 Å². The minimum atomic E-state index is -4.56. The summed E-state index contributed by atoms with van der Waals surface area (Å²) in [5.74, 6) is 0.617. The fraction of sp³-hybridized carbons (Fsp3) is 0.500. The fourth-order valence-electron chi connectivity index (χ4n) is 2.39. The molecule has 1 aliphatic rings. The van der Waals surface area contributed by atoms with Crippen molar-refractivity contribution in [2.24, 2.45) is 22.7 Å². The quantitative estimate of drug-likeness (QED) is 0.389. The summed E-state index contributed by atoms with van der Waals surface area (Å²) >= 11 is 0. The van der Waals surface area contributed by atoms with Crippen LogP contribution in [0.4, 0.5) is 18.9 Å². The zero-order chi connectivity index (χ0) is 15.8. The molecule has 21 heavy (non-hydrogen) atoms. The van der Waals surface area contributed by atoms with Gasteiger partial charge in [-0.15, -0.1) is 0 Å². The standard InChI is InChI=1S/C14H18F3N3O/c1-8-5-9(8)7-20(2)10-3-4-11(13(18)19-21)12(6-10)14(15,16)17/h3-4,6,8-9,21H,5,7H2,1-2H3,(H2,18,19). The van der Waals surface area contributed by atoms with Gasteiger partial charge in [-0.25, -0.2) is 0 Å². The van der Waals surface area contributed by atoms with Gasteiger partial charge in [0.1, 0.15) is 0 Å². The van der Waals surface area contributed by atoms with E-state index in [1.807, 2.05) is 0 Å². The largest absolute Gasteiger partial charge is 0.417 e. The van der Waals surface area contributed by atoms with Gasteiger partial charge in [0.25, 0.3) is 0 Å². The lowest BCUT2D eigenvalue weighted by Gasteiger charge is -2.22. The van der Waals surface area contributed by atoms with Gasteiger partial charge in [-0.05, 0) is 36.5 Å². The van der Waals surface area contributed by atoms with E-state index in [2.05, 4.69) is 12.1 Å². The van der Waals surface area contributed by atoms with Crippen molar-refractivity contribution in [3.05, 3.63) is 29.3 Å². The summed E-state index contributed by atoms with van der Waals surface area (Å²) in [6, 6.07) is 3.83. The zero-order valence-corrected chi connectivity index (χ0v) is 11.9. The van der Waals surface area contributed by atoms with E-state index in [0.29, 0.717) is 17.5 Å². The van der Waals surface area contributed by atoms with Crippen molar-refractivity contribution in [3.63, 3.8) is 0 Å². The first-order valence-electron chi connectivity index (χ1n) is 6.64. The number of anilines is 1. The van der Waals surface area contributed by atoms with Crippen LogP contribution in [0.5, 0.6) is 0 Å². The number of halogens is 3. The second kappa shape index (κ2) is 5.46. The number of alkyl halides is 3. The van der Waals surface area contributed by atoms with Gasteiger partial charge in [-0.2, -0.15) is 13.2 Å². The van der Waals surface area contributed by atoms with Gasteiger partial charge >= 0.3 is 6.18 Å². The molecule has 0 radical (unpaired) electrons. The van der Waals surface area contributed by atoms with Crippen molar-refractivity contribution in [1.29, 1.82) is 0 Å². The Bertz CT molecular complexity index is 557. The Labute approximate surface area is 121 Å². The van der Waals surface area contributed by atoms with E-state index in [1.165, 1.54) is 6.07 Å². The van der Waals surface area contributed by atoms with Crippen LogP contribution in [0.3, 0.4) is 0 Å². The Hall–Kier alpha value is -1.92. The van der Waals surface area contributed by atoms with E-state index in [-0.39, 0.29) is 5.56 Å². The molecule has 1 saturated carbocycles. The molecule has 3 N–H and O–H groups in total. The molecule has 0 saturated heterocycles. The fourth-order valence-corrected chi connectivity index (χ4v) is 2.39. The van der Waals surface area contributed by atoms with Gasteiger partial charge in [0.05, 0.1) is 5.56 Å². The van der Waals surface area contributed by atoms with Crippen LogP contribution in [0.25, 0.3) is 0 Å². The van der Waals surface area contributed by atoms with Crippen LogP contribution in [0.2, 0.25) is 0 Å². The molecule has 0 amide bonds. The second-order valence-corrected chi connectivity index (χ2v) is 5.57. The third-order valence-electron chi connectivity index (χ3n) is 3.92. The predicted molar refractivity (Wildman–Crippen MR) is 74.5 cm³/mol. The van der Waals surface area contributed by atoms with Crippen molar-refractivity contribution in [2.45, 2.75) is 19.5 Å². The average molecular weight is 301 g/mol. The summed E-state index contributed by atoms with van der Waals surface area (Å²) in [5, 5.41) is 11.3. The SMILES string of the molecule is CC1CC1CN(C)c1ccc(C(N)=NO)c(C(F)(F)F)c1. The number of oxime groups is 1. The molecule has 0 spiro atoms. The van der Waals surface area contributed by atoms with Crippen molar-refractivity contribution >= 4 is 11.5 Å². The van der Waals surface area contributed by atoms with Crippen molar-refractivity contribution in [2.75, 3.05) is 18.5 Å². The molecule has 1 aromatic carbocycles.